The molecule has 1 atom stereocenters. The van der Waals surface area contributed by atoms with Gasteiger partial charge in [0.15, 0.2) is 9.84 Å². The molecule has 1 heterocycles. The standard InChI is InChI=1S/C15H21N3O6S/c1-23-11-3-4-12(13(7-11)24-2)18-14(19)8-16-15(20)17-10-5-6-25(21,22)9-10/h3-4,7,10H,5-6,8-9H2,1-2H3,(H,18,19)(H2,16,17,20). The number of rotatable bonds is 6. The van der Waals surface area contributed by atoms with Gasteiger partial charge in [0.05, 0.1) is 38.0 Å². The Morgan fingerprint density at radius 3 is 2.60 bits per heavy atom. The summed E-state index contributed by atoms with van der Waals surface area (Å²) in [6.45, 7) is -0.263. The first kappa shape index (κ1) is 18.8. The number of sulfone groups is 1. The molecule has 0 radical (unpaired) electrons. The molecule has 1 aliphatic rings. The van der Waals surface area contributed by atoms with Crippen LogP contribution < -0.4 is 25.4 Å². The number of nitrogens with one attached hydrogen (secondary N) is 3. The van der Waals surface area contributed by atoms with Crippen LogP contribution in [-0.4, -0.2) is 58.7 Å². The lowest BCUT2D eigenvalue weighted by atomic mass is 10.2. The topological polar surface area (TPSA) is 123 Å². The molecule has 0 saturated carbocycles. The third-order valence-electron chi connectivity index (χ3n) is 3.66. The van der Waals surface area contributed by atoms with Crippen LogP contribution in [0.3, 0.4) is 0 Å². The molecule has 9 nitrogen and oxygen atoms in total. The highest BCUT2D eigenvalue weighted by Gasteiger charge is 2.28. The lowest BCUT2D eigenvalue weighted by Crippen LogP contribution is -2.45. The molecule has 1 aromatic carbocycles. The molecular weight excluding hydrogens is 350 g/mol. The van der Waals surface area contributed by atoms with Crippen LogP contribution in [0.15, 0.2) is 18.2 Å². The van der Waals surface area contributed by atoms with Gasteiger partial charge in [-0.2, -0.15) is 0 Å². The van der Waals surface area contributed by atoms with Gasteiger partial charge in [0.25, 0.3) is 0 Å². The number of carbonyl (C=O) groups is 2. The first-order chi connectivity index (χ1) is 11.8. The summed E-state index contributed by atoms with van der Waals surface area (Å²) in [6.07, 6.45) is 0.380. The minimum atomic E-state index is -3.07. The van der Waals surface area contributed by atoms with E-state index < -0.39 is 27.8 Å². The van der Waals surface area contributed by atoms with Crippen molar-refractivity contribution >= 4 is 27.5 Å². The van der Waals surface area contributed by atoms with Gasteiger partial charge in [-0.25, -0.2) is 13.2 Å². The van der Waals surface area contributed by atoms with E-state index in [4.69, 9.17) is 9.47 Å². The highest BCUT2D eigenvalue weighted by molar-refractivity contribution is 7.91. The molecule has 10 heteroatoms. The number of anilines is 1. The molecule has 0 aliphatic carbocycles. The Balaban J connectivity index is 1.81. The van der Waals surface area contributed by atoms with Crippen molar-refractivity contribution in [1.29, 1.82) is 0 Å². The van der Waals surface area contributed by atoms with Crippen molar-refractivity contribution in [3.8, 4) is 11.5 Å². The first-order valence-electron chi connectivity index (χ1n) is 7.59. The number of carbonyl (C=O) groups excluding carboxylic acids is 2. The molecule has 3 amide bonds. The SMILES string of the molecule is COc1ccc(NC(=O)CNC(=O)NC2CCS(=O)(=O)C2)c(OC)c1. The Bertz CT molecular complexity index is 750. The largest absolute Gasteiger partial charge is 0.497 e. The quantitative estimate of drug-likeness (QED) is 0.653. The molecule has 1 fully saturated rings. The monoisotopic (exact) mass is 371 g/mol. The van der Waals surface area contributed by atoms with Crippen molar-refractivity contribution in [1.82, 2.24) is 10.6 Å². The summed E-state index contributed by atoms with van der Waals surface area (Å²) in [5, 5.41) is 7.55. The number of urea groups is 1. The van der Waals surface area contributed by atoms with Crippen LogP contribution in [0.4, 0.5) is 10.5 Å². The van der Waals surface area contributed by atoms with E-state index in [2.05, 4.69) is 16.0 Å². The third kappa shape index (κ3) is 5.52. The molecule has 2 rings (SSSR count). The van der Waals surface area contributed by atoms with Gasteiger partial charge in [0, 0.05) is 12.1 Å². The van der Waals surface area contributed by atoms with Crippen molar-refractivity contribution < 1.29 is 27.5 Å². The fourth-order valence-corrected chi connectivity index (χ4v) is 4.08. The van der Waals surface area contributed by atoms with Gasteiger partial charge in [0.1, 0.15) is 11.5 Å². The van der Waals surface area contributed by atoms with E-state index >= 15 is 0 Å². The Kier molecular flexibility index (Phi) is 6.07. The molecule has 0 aromatic heterocycles. The maximum atomic E-state index is 11.9. The summed E-state index contributed by atoms with van der Waals surface area (Å²) >= 11 is 0. The number of amides is 3. The molecule has 3 N–H and O–H groups in total. The third-order valence-corrected chi connectivity index (χ3v) is 5.43. The van der Waals surface area contributed by atoms with Crippen LogP contribution in [0, 0.1) is 0 Å². The molecule has 0 bridgehead atoms. The Hall–Kier alpha value is -2.49. The molecule has 1 aliphatic heterocycles. The number of hydrogen-bond donors (Lipinski definition) is 3. The van der Waals surface area contributed by atoms with Gasteiger partial charge >= 0.3 is 6.03 Å². The minimum Gasteiger partial charge on any atom is -0.497 e. The predicted octanol–water partition coefficient (Wildman–Crippen LogP) is 0.129. The summed E-state index contributed by atoms with van der Waals surface area (Å²) in [5.74, 6) is 0.551. The van der Waals surface area contributed by atoms with Crippen molar-refractivity contribution in [3.63, 3.8) is 0 Å². The van der Waals surface area contributed by atoms with Crippen LogP contribution in [0.2, 0.25) is 0 Å². The van der Waals surface area contributed by atoms with Crippen LogP contribution in [-0.2, 0) is 14.6 Å². The Morgan fingerprint density at radius 1 is 1.24 bits per heavy atom. The number of ether oxygens (including phenoxy) is 2. The first-order valence-corrected chi connectivity index (χ1v) is 9.42. The molecular formula is C15H21N3O6S. The fraction of sp³-hybridized carbons (Fsp3) is 0.467. The lowest BCUT2D eigenvalue weighted by molar-refractivity contribution is -0.115. The van der Waals surface area contributed by atoms with Gasteiger partial charge in [-0.15, -0.1) is 0 Å². The zero-order valence-electron chi connectivity index (χ0n) is 14.0. The predicted molar refractivity (Wildman–Crippen MR) is 91.8 cm³/mol. The van der Waals surface area contributed by atoms with Crippen LogP contribution in [0.5, 0.6) is 11.5 Å². The van der Waals surface area contributed by atoms with E-state index in [-0.39, 0.29) is 18.1 Å². The minimum absolute atomic E-state index is 0.0652. The van der Waals surface area contributed by atoms with Gasteiger partial charge in [-0.05, 0) is 18.6 Å². The molecule has 25 heavy (non-hydrogen) atoms. The van der Waals surface area contributed by atoms with E-state index in [1.54, 1.807) is 18.2 Å². The normalized spacial score (nSPS) is 18.2. The number of benzene rings is 1. The van der Waals surface area contributed by atoms with Crippen molar-refractivity contribution in [3.05, 3.63) is 18.2 Å². The smallest absolute Gasteiger partial charge is 0.315 e. The summed E-state index contributed by atoms with van der Waals surface area (Å²) in [5.41, 5.74) is 0.442. The molecule has 1 saturated heterocycles. The Morgan fingerprint density at radius 2 is 2.00 bits per heavy atom. The van der Waals surface area contributed by atoms with Gasteiger partial charge in [-0.3, -0.25) is 4.79 Å². The number of hydrogen-bond acceptors (Lipinski definition) is 6. The number of methoxy groups -OCH3 is 2. The van der Waals surface area contributed by atoms with Crippen LogP contribution in [0.25, 0.3) is 0 Å². The van der Waals surface area contributed by atoms with Crippen LogP contribution >= 0.6 is 0 Å². The van der Waals surface area contributed by atoms with Crippen molar-refractivity contribution in [2.75, 3.05) is 37.6 Å². The zero-order chi connectivity index (χ0) is 18.4. The lowest BCUT2D eigenvalue weighted by Gasteiger charge is -2.13. The summed E-state index contributed by atoms with van der Waals surface area (Å²) in [7, 11) is -0.0894. The van der Waals surface area contributed by atoms with E-state index in [1.807, 2.05) is 0 Å². The maximum absolute atomic E-state index is 11.9. The summed E-state index contributed by atoms with van der Waals surface area (Å²) < 4.78 is 32.9. The van der Waals surface area contributed by atoms with E-state index in [1.165, 1.54) is 14.2 Å². The van der Waals surface area contributed by atoms with E-state index in [0.717, 1.165) is 0 Å². The molecule has 1 aromatic rings. The average molecular weight is 371 g/mol. The fourth-order valence-electron chi connectivity index (χ4n) is 2.40. The highest BCUT2D eigenvalue weighted by Crippen LogP contribution is 2.28. The van der Waals surface area contributed by atoms with Gasteiger partial charge < -0.3 is 25.4 Å². The average Bonchev–Trinajstić information content (AvgIpc) is 2.91. The maximum Gasteiger partial charge on any atom is 0.315 e. The van der Waals surface area contributed by atoms with Gasteiger partial charge in [-0.1, -0.05) is 0 Å². The van der Waals surface area contributed by atoms with E-state index in [9.17, 15) is 18.0 Å². The molecule has 1 unspecified atom stereocenters. The van der Waals surface area contributed by atoms with Crippen molar-refractivity contribution in [2.45, 2.75) is 12.5 Å². The highest BCUT2D eigenvalue weighted by atomic mass is 32.2. The summed E-state index contributed by atoms with van der Waals surface area (Å²) in [4.78, 5) is 23.7. The second kappa shape index (κ2) is 8.06. The summed E-state index contributed by atoms with van der Waals surface area (Å²) in [6, 6.07) is 3.90. The molecule has 0 spiro atoms. The second-order valence-corrected chi connectivity index (χ2v) is 7.77. The molecule has 138 valence electrons. The second-order valence-electron chi connectivity index (χ2n) is 5.54. The zero-order valence-corrected chi connectivity index (χ0v) is 14.8. The Labute approximate surface area is 146 Å². The van der Waals surface area contributed by atoms with E-state index in [0.29, 0.717) is 23.6 Å². The van der Waals surface area contributed by atoms with Crippen molar-refractivity contribution in [2.24, 2.45) is 0 Å². The van der Waals surface area contributed by atoms with Crippen LogP contribution in [0.1, 0.15) is 6.42 Å². The van der Waals surface area contributed by atoms with Gasteiger partial charge in [0.2, 0.25) is 5.91 Å².